The summed E-state index contributed by atoms with van der Waals surface area (Å²) in [6, 6.07) is 17.9. The van der Waals surface area contributed by atoms with Crippen molar-refractivity contribution in [2.24, 2.45) is 0 Å². The molecule has 0 radical (unpaired) electrons. The van der Waals surface area contributed by atoms with Gasteiger partial charge in [-0.15, -0.1) is 0 Å². The number of para-hydroxylation sites is 1. The van der Waals surface area contributed by atoms with Crippen molar-refractivity contribution in [3.63, 3.8) is 0 Å². The van der Waals surface area contributed by atoms with Gasteiger partial charge in [0.05, 0.1) is 5.41 Å². The molecule has 0 saturated heterocycles. The highest BCUT2D eigenvalue weighted by Crippen LogP contribution is 2.46. The fourth-order valence-electron chi connectivity index (χ4n) is 4.75. The molecule has 146 valence electrons. The molecule has 1 heterocycles. The molecular weight excluding hydrogens is 348 g/mol. The Hall–Kier alpha value is -2.62. The largest absolute Gasteiger partial charge is 0.351 e. The van der Waals surface area contributed by atoms with Crippen LogP contribution in [0.15, 0.2) is 54.6 Å². The molecule has 0 spiro atoms. The smallest absolute Gasteiger partial charge is 0.238 e. The van der Waals surface area contributed by atoms with Crippen LogP contribution in [0.25, 0.3) is 0 Å². The lowest BCUT2D eigenvalue weighted by atomic mass is 9.73. The molecule has 2 aromatic carbocycles. The summed E-state index contributed by atoms with van der Waals surface area (Å²) in [7, 11) is 1.81. The van der Waals surface area contributed by atoms with Gasteiger partial charge in [-0.05, 0) is 42.9 Å². The van der Waals surface area contributed by atoms with Gasteiger partial charge < -0.3 is 10.2 Å². The Bertz CT molecular complexity index is 888. The van der Waals surface area contributed by atoms with Gasteiger partial charge in [0.2, 0.25) is 11.8 Å². The van der Waals surface area contributed by atoms with Crippen LogP contribution in [0.5, 0.6) is 0 Å². The standard InChI is InChI=1S/C24H28N2O2/c1-3-13-23(14-15-23)25-21(27)17-24(16-18-9-5-4-6-10-18)19-11-7-8-12-20(19)26(2)22(24)28/h4-12H,3,13-17H2,1-2H3,(H,25,27)/t24-/m0/s1. The van der Waals surface area contributed by atoms with Crippen molar-refractivity contribution in [1.82, 2.24) is 5.32 Å². The first-order valence-corrected chi connectivity index (χ1v) is 10.2. The number of hydrogen-bond acceptors (Lipinski definition) is 2. The van der Waals surface area contributed by atoms with Crippen LogP contribution in [0.2, 0.25) is 0 Å². The fourth-order valence-corrected chi connectivity index (χ4v) is 4.75. The van der Waals surface area contributed by atoms with E-state index in [1.54, 1.807) is 4.90 Å². The summed E-state index contributed by atoms with van der Waals surface area (Å²) in [5.74, 6) is -0.00613. The maximum absolute atomic E-state index is 13.5. The minimum Gasteiger partial charge on any atom is -0.351 e. The zero-order valence-corrected chi connectivity index (χ0v) is 16.7. The number of anilines is 1. The molecule has 1 aliphatic heterocycles. The molecule has 1 N–H and O–H groups in total. The number of nitrogens with zero attached hydrogens (tertiary/aromatic N) is 1. The first-order valence-electron chi connectivity index (χ1n) is 10.2. The Morgan fingerprint density at radius 2 is 1.75 bits per heavy atom. The number of hydrogen-bond donors (Lipinski definition) is 1. The molecular formula is C24H28N2O2. The van der Waals surface area contributed by atoms with Gasteiger partial charge in [-0.2, -0.15) is 0 Å². The van der Waals surface area contributed by atoms with Gasteiger partial charge in [-0.1, -0.05) is 61.9 Å². The minimum atomic E-state index is -0.848. The lowest BCUT2D eigenvalue weighted by molar-refractivity contribution is -0.130. The summed E-state index contributed by atoms with van der Waals surface area (Å²) < 4.78 is 0. The molecule has 0 bridgehead atoms. The van der Waals surface area contributed by atoms with Crippen LogP contribution >= 0.6 is 0 Å². The number of fused-ring (bicyclic) bond motifs is 1. The molecule has 2 aromatic rings. The zero-order chi connectivity index (χ0) is 19.8. The fraction of sp³-hybridized carbons (Fsp3) is 0.417. The molecule has 4 heteroatoms. The van der Waals surface area contributed by atoms with Crippen molar-refractivity contribution in [1.29, 1.82) is 0 Å². The second-order valence-electron chi connectivity index (χ2n) is 8.38. The van der Waals surface area contributed by atoms with E-state index in [2.05, 4.69) is 12.2 Å². The highest BCUT2D eigenvalue weighted by Gasteiger charge is 2.52. The normalized spacial score (nSPS) is 22.1. The molecule has 2 amide bonds. The second-order valence-corrected chi connectivity index (χ2v) is 8.38. The predicted molar refractivity (Wildman–Crippen MR) is 111 cm³/mol. The Morgan fingerprint density at radius 1 is 1.07 bits per heavy atom. The number of nitrogens with one attached hydrogen (secondary N) is 1. The van der Waals surface area contributed by atoms with Crippen molar-refractivity contribution >= 4 is 17.5 Å². The van der Waals surface area contributed by atoms with Gasteiger partial charge in [-0.25, -0.2) is 0 Å². The molecule has 1 saturated carbocycles. The highest BCUT2D eigenvalue weighted by molar-refractivity contribution is 6.10. The van der Waals surface area contributed by atoms with Crippen LogP contribution in [-0.2, 0) is 21.4 Å². The number of likely N-dealkylation sites (N-methyl/N-ethyl adjacent to an activating group) is 1. The lowest BCUT2D eigenvalue weighted by Crippen LogP contribution is -2.46. The average molecular weight is 377 g/mol. The van der Waals surface area contributed by atoms with Gasteiger partial charge in [-0.3, -0.25) is 9.59 Å². The summed E-state index contributed by atoms with van der Waals surface area (Å²) in [5, 5.41) is 3.26. The van der Waals surface area contributed by atoms with Crippen LogP contribution in [-0.4, -0.2) is 24.4 Å². The van der Waals surface area contributed by atoms with Crippen molar-refractivity contribution in [2.75, 3.05) is 11.9 Å². The first-order chi connectivity index (χ1) is 13.5. The molecule has 0 unspecified atom stereocenters. The first kappa shape index (κ1) is 18.7. The Labute approximate surface area is 166 Å². The summed E-state index contributed by atoms with van der Waals surface area (Å²) in [4.78, 5) is 28.3. The van der Waals surface area contributed by atoms with E-state index in [1.807, 2.05) is 61.6 Å². The SMILES string of the molecule is CCCC1(NC(=O)C[C@]2(Cc3ccccc3)C(=O)N(C)c3ccccc32)CC1. The average Bonchev–Trinajstić information content (AvgIpc) is 3.42. The third kappa shape index (κ3) is 3.21. The number of benzene rings is 2. The molecule has 1 fully saturated rings. The Morgan fingerprint density at radius 3 is 2.43 bits per heavy atom. The van der Waals surface area contributed by atoms with Crippen LogP contribution in [0.3, 0.4) is 0 Å². The number of amides is 2. The quantitative estimate of drug-likeness (QED) is 0.794. The van der Waals surface area contributed by atoms with E-state index in [9.17, 15) is 9.59 Å². The van der Waals surface area contributed by atoms with E-state index in [1.165, 1.54) is 0 Å². The number of carbonyl (C=O) groups excluding carboxylic acids is 2. The van der Waals surface area contributed by atoms with Crippen LogP contribution in [0, 0.1) is 0 Å². The topological polar surface area (TPSA) is 49.4 Å². The molecule has 1 aliphatic carbocycles. The minimum absolute atomic E-state index is 0.00745. The molecule has 2 aliphatic rings. The van der Waals surface area contributed by atoms with Crippen LogP contribution in [0.4, 0.5) is 5.69 Å². The van der Waals surface area contributed by atoms with E-state index < -0.39 is 5.41 Å². The van der Waals surface area contributed by atoms with E-state index in [0.717, 1.165) is 42.5 Å². The van der Waals surface area contributed by atoms with E-state index in [4.69, 9.17) is 0 Å². The molecule has 28 heavy (non-hydrogen) atoms. The zero-order valence-electron chi connectivity index (χ0n) is 16.7. The van der Waals surface area contributed by atoms with Crippen molar-refractivity contribution in [3.05, 3.63) is 65.7 Å². The third-order valence-corrected chi connectivity index (χ3v) is 6.29. The maximum atomic E-state index is 13.5. The summed E-state index contributed by atoms with van der Waals surface area (Å²) in [5.41, 5.74) is 2.06. The van der Waals surface area contributed by atoms with Crippen molar-refractivity contribution in [2.45, 2.75) is 56.4 Å². The molecule has 0 aromatic heterocycles. The number of carbonyl (C=O) groups is 2. The monoisotopic (exact) mass is 376 g/mol. The third-order valence-electron chi connectivity index (χ3n) is 6.29. The predicted octanol–water partition coefficient (Wildman–Crippen LogP) is 3.98. The molecule has 4 rings (SSSR count). The van der Waals surface area contributed by atoms with Gasteiger partial charge in [0, 0.05) is 24.7 Å². The van der Waals surface area contributed by atoms with Crippen LogP contribution < -0.4 is 10.2 Å². The van der Waals surface area contributed by atoms with Gasteiger partial charge in [0.25, 0.3) is 0 Å². The van der Waals surface area contributed by atoms with Gasteiger partial charge in [0.15, 0.2) is 0 Å². The Kier molecular flexibility index (Phi) is 4.74. The van der Waals surface area contributed by atoms with Gasteiger partial charge in [0.1, 0.15) is 0 Å². The second kappa shape index (κ2) is 7.08. The van der Waals surface area contributed by atoms with Gasteiger partial charge >= 0.3 is 0 Å². The van der Waals surface area contributed by atoms with Crippen LogP contribution in [0.1, 0.15) is 50.2 Å². The summed E-state index contributed by atoms with van der Waals surface area (Å²) >= 11 is 0. The highest BCUT2D eigenvalue weighted by atomic mass is 16.2. The van der Waals surface area contributed by atoms with Crippen molar-refractivity contribution in [3.8, 4) is 0 Å². The lowest BCUT2D eigenvalue weighted by Gasteiger charge is -2.29. The van der Waals surface area contributed by atoms with E-state index >= 15 is 0 Å². The summed E-state index contributed by atoms with van der Waals surface area (Å²) in [6.07, 6.45) is 4.87. The number of rotatable bonds is 7. The summed E-state index contributed by atoms with van der Waals surface area (Å²) in [6.45, 7) is 2.15. The van der Waals surface area contributed by atoms with Crippen molar-refractivity contribution < 1.29 is 9.59 Å². The molecule has 4 nitrogen and oxygen atoms in total. The molecule has 1 atom stereocenters. The maximum Gasteiger partial charge on any atom is 0.238 e. The van der Waals surface area contributed by atoms with E-state index in [0.29, 0.717) is 6.42 Å². The Balaban J connectivity index is 1.69. The van der Waals surface area contributed by atoms with E-state index in [-0.39, 0.29) is 23.8 Å².